The van der Waals surface area contributed by atoms with Crippen LogP contribution in [0.5, 0.6) is 0 Å². The van der Waals surface area contributed by atoms with E-state index in [1.165, 1.54) is 11.1 Å². The van der Waals surface area contributed by atoms with Gasteiger partial charge in [-0.15, -0.1) is 0 Å². The molecule has 1 unspecified atom stereocenters. The number of rotatable bonds is 5. The van der Waals surface area contributed by atoms with Crippen molar-refractivity contribution in [2.45, 2.75) is 31.8 Å². The Morgan fingerprint density at radius 3 is 2.63 bits per heavy atom. The molecule has 1 atom stereocenters. The number of amides is 1. The zero-order valence-corrected chi connectivity index (χ0v) is 15.8. The summed E-state index contributed by atoms with van der Waals surface area (Å²) < 4.78 is 0. The highest BCUT2D eigenvalue weighted by molar-refractivity contribution is 5.78. The summed E-state index contributed by atoms with van der Waals surface area (Å²) >= 11 is 0. The van der Waals surface area contributed by atoms with Gasteiger partial charge in [0.05, 0.1) is 18.3 Å². The van der Waals surface area contributed by atoms with Gasteiger partial charge in [-0.1, -0.05) is 30.3 Å². The Kier molecular flexibility index (Phi) is 5.80. The van der Waals surface area contributed by atoms with Gasteiger partial charge in [-0.3, -0.25) is 19.6 Å². The minimum atomic E-state index is 0.148. The number of piperazine rings is 1. The predicted molar refractivity (Wildman–Crippen MR) is 106 cm³/mol. The maximum Gasteiger partial charge on any atom is 0.234 e. The number of benzene rings is 1. The van der Waals surface area contributed by atoms with Crippen LogP contribution in [-0.2, 0) is 17.8 Å². The zero-order chi connectivity index (χ0) is 18.5. The SMILES string of the molecule is O=C(CN1CCN(Cc2ccccn2)CC1)NC1CCCc2ccccc21. The van der Waals surface area contributed by atoms with Crippen molar-refractivity contribution >= 4 is 5.91 Å². The maximum atomic E-state index is 12.6. The summed E-state index contributed by atoms with van der Waals surface area (Å²) in [7, 11) is 0. The fourth-order valence-corrected chi connectivity index (χ4v) is 4.17. The van der Waals surface area contributed by atoms with Crippen molar-refractivity contribution in [1.82, 2.24) is 20.1 Å². The second-order valence-corrected chi connectivity index (χ2v) is 7.58. The van der Waals surface area contributed by atoms with Crippen molar-refractivity contribution in [2.75, 3.05) is 32.7 Å². The lowest BCUT2D eigenvalue weighted by atomic mass is 9.88. The van der Waals surface area contributed by atoms with Crippen molar-refractivity contribution < 1.29 is 4.79 Å². The molecule has 1 aromatic carbocycles. The Morgan fingerprint density at radius 1 is 1.04 bits per heavy atom. The molecule has 1 aliphatic carbocycles. The standard InChI is InChI=1S/C22H28N4O/c27-22(24-21-10-5-7-18-6-1-2-9-20(18)21)17-26-14-12-25(13-15-26)16-19-8-3-4-11-23-19/h1-4,6,8-9,11,21H,5,7,10,12-17H2,(H,24,27). The van der Waals surface area contributed by atoms with Crippen LogP contribution in [0.25, 0.3) is 0 Å². The van der Waals surface area contributed by atoms with Crippen LogP contribution in [0, 0.1) is 0 Å². The van der Waals surface area contributed by atoms with E-state index in [2.05, 4.69) is 50.4 Å². The summed E-state index contributed by atoms with van der Waals surface area (Å²) in [5.41, 5.74) is 3.80. The van der Waals surface area contributed by atoms with Crippen LogP contribution in [0.1, 0.15) is 35.7 Å². The highest BCUT2D eigenvalue weighted by atomic mass is 16.2. The molecule has 0 saturated carbocycles. The summed E-state index contributed by atoms with van der Waals surface area (Å²) in [4.78, 5) is 21.7. The molecule has 2 aromatic rings. The first kappa shape index (κ1) is 18.1. The summed E-state index contributed by atoms with van der Waals surface area (Å²) in [6, 6.07) is 14.7. The van der Waals surface area contributed by atoms with Crippen LogP contribution in [0.3, 0.4) is 0 Å². The summed E-state index contributed by atoms with van der Waals surface area (Å²) in [6.45, 7) is 5.21. The monoisotopic (exact) mass is 364 g/mol. The number of aromatic nitrogens is 1. The Morgan fingerprint density at radius 2 is 1.81 bits per heavy atom. The second-order valence-electron chi connectivity index (χ2n) is 7.58. The quantitative estimate of drug-likeness (QED) is 0.885. The molecule has 5 nitrogen and oxygen atoms in total. The van der Waals surface area contributed by atoms with Gasteiger partial charge in [0.25, 0.3) is 0 Å². The third-order valence-electron chi connectivity index (χ3n) is 5.65. The van der Waals surface area contributed by atoms with Gasteiger partial charge in [0.2, 0.25) is 5.91 Å². The molecule has 2 aliphatic rings. The highest BCUT2D eigenvalue weighted by Gasteiger charge is 2.23. The first-order valence-corrected chi connectivity index (χ1v) is 10.00. The molecule has 1 N–H and O–H groups in total. The van der Waals surface area contributed by atoms with E-state index in [1.807, 2.05) is 18.3 Å². The number of hydrogen-bond donors (Lipinski definition) is 1. The number of carbonyl (C=O) groups is 1. The van der Waals surface area contributed by atoms with E-state index in [-0.39, 0.29) is 11.9 Å². The average Bonchev–Trinajstić information content (AvgIpc) is 2.71. The molecule has 4 rings (SSSR count). The number of hydrogen-bond acceptors (Lipinski definition) is 4. The summed E-state index contributed by atoms with van der Waals surface area (Å²) in [5, 5.41) is 3.27. The fourth-order valence-electron chi connectivity index (χ4n) is 4.17. The number of pyridine rings is 1. The van der Waals surface area contributed by atoms with E-state index >= 15 is 0 Å². The Hall–Kier alpha value is -2.24. The first-order valence-electron chi connectivity index (χ1n) is 10.00. The second kappa shape index (κ2) is 8.63. The molecule has 1 aliphatic heterocycles. The lowest BCUT2D eigenvalue weighted by molar-refractivity contribution is -0.123. The van der Waals surface area contributed by atoms with Crippen LogP contribution in [0.2, 0.25) is 0 Å². The molecule has 0 spiro atoms. The average molecular weight is 364 g/mol. The Labute approximate surface area is 161 Å². The Balaban J connectivity index is 1.24. The first-order chi connectivity index (χ1) is 13.3. The van der Waals surface area contributed by atoms with E-state index in [0.29, 0.717) is 6.54 Å². The minimum Gasteiger partial charge on any atom is -0.348 e. The molecule has 5 heteroatoms. The van der Waals surface area contributed by atoms with Crippen molar-refractivity contribution in [2.24, 2.45) is 0 Å². The number of carbonyl (C=O) groups excluding carboxylic acids is 1. The molecular weight excluding hydrogens is 336 g/mol. The van der Waals surface area contributed by atoms with Crippen LogP contribution in [0.15, 0.2) is 48.7 Å². The van der Waals surface area contributed by atoms with Crippen molar-refractivity contribution in [1.29, 1.82) is 0 Å². The van der Waals surface area contributed by atoms with Gasteiger partial charge in [-0.25, -0.2) is 0 Å². The lowest BCUT2D eigenvalue weighted by Gasteiger charge is -2.34. The molecule has 0 radical (unpaired) electrons. The number of nitrogens with zero attached hydrogens (tertiary/aromatic N) is 3. The van der Waals surface area contributed by atoms with Gasteiger partial charge in [0.1, 0.15) is 0 Å². The van der Waals surface area contributed by atoms with E-state index in [4.69, 9.17) is 0 Å². The molecule has 142 valence electrons. The van der Waals surface area contributed by atoms with E-state index in [1.54, 1.807) is 0 Å². The molecular formula is C22H28N4O. The molecule has 2 heterocycles. The van der Waals surface area contributed by atoms with Crippen molar-refractivity contribution in [3.63, 3.8) is 0 Å². The minimum absolute atomic E-state index is 0.148. The molecule has 1 amide bonds. The maximum absolute atomic E-state index is 12.6. The molecule has 0 bridgehead atoms. The topological polar surface area (TPSA) is 48.5 Å². The van der Waals surface area contributed by atoms with Crippen LogP contribution < -0.4 is 5.32 Å². The van der Waals surface area contributed by atoms with Crippen LogP contribution in [0.4, 0.5) is 0 Å². The van der Waals surface area contributed by atoms with Crippen LogP contribution >= 0.6 is 0 Å². The summed E-state index contributed by atoms with van der Waals surface area (Å²) in [6.07, 6.45) is 5.16. The van der Waals surface area contributed by atoms with Crippen molar-refractivity contribution in [3.05, 3.63) is 65.5 Å². The number of fused-ring (bicyclic) bond motifs is 1. The van der Waals surface area contributed by atoms with Gasteiger partial charge in [-0.2, -0.15) is 0 Å². The normalized spacial score (nSPS) is 20.8. The smallest absolute Gasteiger partial charge is 0.234 e. The molecule has 1 aromatic heterocycles. The van der Waals surface area contributed by atoms with E-state index < -0.39 is 0 Å². The van der Waals surface area contributed by atoms with Gasteiger partial charge >= 0.3 is 0 Å². The molecule has 27 heavy (non-hydrogen) atoms. The third kappa shape index (κ3) is 4.73. The van der Waals surface area contributed by atoms with Gasteiger partial charge in [-0.05, 0) is 42.5 Å². The van der Waals surface area contributed by atoms with Crippen molar-refractivity contribution in [3.8, 4) is 0 Å². The largest absolute Gasteiger partial charge is 0.348 e. The molecule has 1 fully saturated rings. The van der Waals surface area contributed by atoms with Gasteiger partial charge in [0, 0.05) is 38.9 Å². The highest BCUT2D eigenvalue weighted by Crippen LogP contribution is 2.29. The van der Waals surface area contributed by atoms with Crippen LogP contribution in [-0.4, -0.2) is 53.4 Å². The molecule has 1 saturated heterocycles. The van der Waals surface area contributed by atoms with E-state index in [0.717, 1.165) is 57.7 Å². The van der Waals surface area contributed by atoms with E-state index in [9.17, 15) is 4.79 Å². The summed E-state index contributed by atoms with van der Waals surface area (Å²) in [5.74, 6) is 0.148. The number of aryl methyl sites for hydroxylation is 1. The lowest BCUT2D eigenvalue weighted by Crippen LogP contribution is -2.49. The number of nitrogens with one attached hydrogen (secondary N) is 1. The van der Waals surface area contributed by atoms with Gasteiger partial charge < -0.3 is 5.32 Å². The fraction of sp³-hybridized carbons (Fsp3) is 0.455. The predicted octanol–water partition coefficient (Wildman–Crippen LogP) is 2.39. The zero-order valence-electron chi connectivity index (χ0n) is 15.8. The third-order valence-corrected chi connectivity index (χ3v) is 5.65. The van der Waals surface area contributed by atoms with Gasteiger partial charge in [0.15, 0.2) is 0 Å². The Bertz CT molecular complexity index is 756.